The Labute approximate surface area is 216 Å². The molecule has 36 heavy (non-hydrogen) atoms. The summed E-state index contributed by atoms with van der Waals surface area (Å²) in [5, 5.41) is 8.57. The highest BCUT2D eigenvalue weighted by atomic mass is 32.1. The van der Waals surface area contributed by atoms with Crippen molar-refractivity contribution in [3.05, 3.63) is 111 Å². The van der Waals surface area contributed by atoms with E-state index in [1.54, 1.807) is 6.07 Å². The summed E-state index contributed by atoms with van der Waals surface area (Å²) in [6.07, 6.45) is 0. The lowest BCUT2D eigenvalue weighted by molar-refractivity contribution is 0.0950. The van der Waals surface area contributed by atoms with E-state index < -0.39 is 0 Å². The third-order valence-electron chi connectivity index (χ3n) is 5.48. The van der Waals surface area contributed by atoms with Crippen molar-refractivity contribution in [2.24, 2.45) is 0 Å². The van der Waals surface area contributed by atoms with Crippen LogP contribution in [0.15, 0.2) is 90.3 Å². The summed E-state index contributed by atoms with van der Waals surface area (Å²) >= 11 is 2.76. The highest BCUT2D eigenvalue weighted by Crippen LogP contribution is 2.39. The fourth-order valence-electron chi connectivity index (χ4n) is 3.74. The zero-order chi connectivity index (χ0) is 24.9. The first-order valence-electron chi connectivity index (χ1n) is 11.3. The van der Waals surface area contributed by atoms with Gasteiger partial charge >= 0.3 is 0 Å². The minimum atomic E-state index is -0.231. The van der Waals surface area contributed by atoms with Crippen LogP contribution in [0.3, 0.4) is 0 Å². The number of carbonyl (C=O) groups is 2. The van der Waals surface area contributed by atoms with Crippen LogP contribution in [0.5, 0.6) is 5.75 Å². The number of nitrogens with one attached hydrogen (secondary N) is 2. The molecule has 3 aromatic carbocycles. The van der Waals surface area contributed by atoms with Gasteiger partial charge in [0.15, 0.2) is 5.75 Å². The van der Waals surface area contributed by atoms with Crippen molar-refractivity contribution in [3.63, 3.8) is 0 Å². The maximum atomic E-state index is 13.2. The standard InChI is InChI=1S/C28H23N3O3S2/c29-20-11-12-23-22(15-20)25(34-17-18-6-2-1-3-7-18)26(36-23)28(33)30-16-19-8-4-9-21(14-19)31-27(32)24-10-5-13-35-24/h1-15H,16-17,29H2,(H,30,33)(H,31,32). The Morgan fingerprint density at radius 3 is 2.50 bits per heavy atom. The van der Waals surface area contributed by atoms with Gasteiger partial charge in [-0.05, 0) is 52.9 Å². The summed E-state index contributed by atoms with van der Waals surface area (Å²) in [6, 6.07) is 26.4. The van der Waals surface area contributed by atoms with Gasteiger partial charge < -0.3 is 21.1 Å². The molecule has 0 unspecified atom stereocenters. The van der Waals surface area contributed by atoms with Crippen LogP contribution in [0, 0.1) is 0 Å². The molecule has 5 aromatic rings. The monoisotopic (exact) mass is 513 g/mol. The number of fused-ring (bicyclic) bond motifs is 1. The molecule has 0 fully saturated rings. The van der Waals surface area contributed by atoms with Gasteiger partial charge in [-0.3, -0.25) is 9.59 Å². The number of hydrogen-bond acceptors (Lipinski definition) is 6. The first-order chi connectivity index (χ1) is 17.6. The Bertz CT molecular complexity index is 1510. The van der Waals surface area contributed by atoms with Crippen molar-refractivity contribution < 1.29 is 14.3 Å². The van der Waals surface area contributed by atoms with E-state index >= 15 is 0 Å². The molecule has 2 amide bonds. The molecule has 0 spiro atoms. The van der Waals surface area contributed by atoms with Crippen molar-refractivity contribution in [1.82, 2.24) is 5.32 Å². The zero-order valence-electron chi connectivity index (χ0n) is 19.2. The largest absolute Gasteiger partial charge is 0.487 e. The molecule has 180 valence electrons. The van der Waals surface area contributed by atoms with Crippen LogP contribution < -0.4 is 21.1 Å². The molecular weight excluding hydrogens is 490 g/mol. The summed E-state index contributed by atoms with van der Waals surface area (Å²) < 4.78 is 7.08. The van der Waals surface area contributed by atoms with Crippen molar-refractivity contribution in [2.45, 2.75) is 13.2 Å². The summed E-state index contributed by atoms with van der Waals surface area (Å²) in [6.45, 7) is 0.643. The third-order valence-corrected chi connectivity index (χ3v) is 7.50. The van der Waals surface area contributed by atoms with Gasteiger partial charge in [0.2, 0.25) is 0 Å². The van der Waals surface area contributed by atoms with E-state index in [-0.39, 0.29) is 11.8 Å². The minimum Gasteiger partial charge on any atom is -0.487 e. The van der Waals surface area contributed by atoms with Gasteiger partial charge in [-0.15, -0.1) is 22.7 Å². The molecule has 4 N–H and O–H groups in total. The molecule has 0 aliphatic carbocycles. The highest BCUT2D eigenvalue weighted by molar-refractivity contribution is 7.21. The number of nitrogen functional groups attached to an aromatic ring is 1. The molecule has 2 heterocycles. The van der Waals surface area contributed by atoms with E-state index in [1.165, 1.54) is 22.7 Å². The van der Waals surface area contributed by atoms with E-state index in [1.807, 2.05) is 84.2 Å². The van der Waals surface area contributed by atoms with Crippen LogP contribution in [-0.4, -0.2) is 11.8 Å². The first-order valence-corrected chi connectivity index (χ1v) is 13.0. The molecule has 5 rings (SSSR count). The normalized spacial score (nSPS) is 10.8. The lowest BCUT2D eigenvalue weighted by atomic mass is 10.2. The first kappa shape index (κ1) is 23.6. The Hall–Kier alpha value is -4.14. The maximum absolute atomic E-state index is 13.2. The van der Waals surface area contributed by atoms with E-state index in [0.717, 1.165) is 21.2 Å². The number of thiophene rings is 2. The Kier molecular flexibility index (Phi) is 6.97. The van der Waals surface area contributed by atoms with Crippen molar-refractivity contribution in [1.29, 1.82) is 0 Å². The van der Waals surface area contributed by atoms with Gasteiger partial charge in [-0.1, -0.05) is 48.5 Å². The maximum Gasteiger partial charge on any atom is 0.265 e. The summed E-state index contributed by atoms with van der Waals surface area (Å²) in [4.78, 5) is 26.7. The van der Waals surface area contributed by atoms with Crippen LogP contribution in [-0.2, 0) is 13.2 Å². The van der Waals surface area contributed by atoms with Crippen molar-refractivity contribution in [2.75, 3.05) is 11.1 Å². The number of rotatable bonds is 8. The predicted octanol–water partition coefficient (Wildman–Crippen LogP) is 6.31. The van der Waals surface area contributed by atoms with Gasteiger partial charge in [0.1, 0.15) is 11.5 Å². The average molecular weight is 514 g/mol. The second-order valence-corrected chi connectivity index (χ2v) is 10.1. The van der Waals surface area contributed by atoms with E-state index in [9.17, 15) is 9.59 Å². The molecule has 0 bridgehead atoms. The fraction of sp³-hybridized carbons (Fsp3) is 0.0714. The fourth-order valence-corrected chi connectivity index (χ4v) is 5.40. The summed E-state index contributed by atoms with van der Waals surface area (Å²) in [5.41, 5.74) is 9.17. The number of anilines is 2. The molecule has 0 aliphatic heterocycles. The second kappa shape index (κ2) is 10.6. The van der Waals surface area contributed by atoms with Gasteiger partial charge in [0.25, 0.3) is 11.8 Å². The SMILES string of the molecule is Nc1ccc2sc(C(=O)NCc3cccc(NC(=O)c4cccs4)c3)c(OCc3ccccc3)c2c1. The third kappa shape index (κ3) is 5.40. The number of ether oxygens (including phenoxy) is 1. The molecule has 0 saturated carbocycles. The smallest absolute Gasteiger partial charge is 0.265 e. The molecule has 6 nitrogen and oxygen atoms in total. The minimum absolute atomic E-state index is 0.157. The quantitative estimate of drug-likeness (QED) is 0.212. The van der Waals surface area contributed by atoms with Crippen molar-refractivity contribution >= 4 is 55.9 Å². The Morgan fingerprint density at radius 1 is 0.861 bits per heavy atom. The lowest BCUT2D eigenvalue weighted by Gasteiger charge is -2.10. The molecular formula is C28H23N3O3S2. The van der Waals surface area contributed by atoms with Crippen LogP contribution >= 0.6 is 22.7 Å². The average Bonchev–Trinajstić information content (AvgIpc) is 3.55. The van der Waals surface area contributed by atoms with Crippen LogP contribution in [0.25, 0.3) is 10.1 Å². The van der Waals surface area contributed by atoms with Gasteiger partial charge in [0, 0.05) is 28.0 Å². The molecule has 2 aromatic heterocycles. The van der Waals surface area contributed by atoms with Crippen LogP contribution in [0.1, 0.15) is 30.5 Å². The van der Waals surface area contributed by atoms with E-state index in [0.29, 0.717) is 40.0 Å². The van der Waals surface area contributed by atoms with Gasteiger partial charge in [-0.2, -0.15) is 0 Å². The topological polar surface area (TPSA) is 93.5 Å². The van der Waals surface area contributed by atoms with Gasteiger partial charge in [-0.25, -0.2) is 0 Å². The van der Waals surface area contributed by atoms with Crippen LogP contribution in [0.4, 0.5) is 11.4 Å². The molecule has 8 heteroatoms. The lowest BCUT2D eigenvalue weighted by Crippen LogP contribution is -2.22. The Balaban J connectivity index is 1.32. The molecule has 0 aliphatic rings. The molecule has 0 saturated heterocycles. The second-order valence-electron chi connectivity index (χ2n) is 8.10. The summed E-state index contributed by atoms with van der Waals surface area (Å²) in [7, 11) is 0. The summed E-state index contributed by atoms with van der Waals surface area (Å²) in [5.74, 6) is 0.141. The zero-order valence-corrected chi connectivity index (χ0v) is 20.8. The number of benzene rings is 3. The van der Waals surface area contributed by atoms with Crippen molar-refractivity contribution in [3.8, 4) is 5.75 Å². The predicted molar refractivity (Wildman–Crippen MR) is 147 cm³/mol. The molecule has 0 radical (unpaired) electrons. The Morgan fingerprint density at radius 2 is 1.69 bits per heavy atom. The highest BCUT2D eigenvalue weighted by Gasteiger charge is 2.20. The van der Waals surface area contributed by atoms with Crippen LogP contribution in [0.2, 0.25) is 0 Å². The number of nitrogens with two attached hydrogens (primary N) is 1. The number of hydrogen-bond donors (Lipinski definition) is 3. The number of amides is 2. The number of carbonyl (C=O) groups excluding carboxylic acids is 2. The van der Waals surface area contributed by atoms with E-state index in [2.05, 4.69) is 10.6 Å². The van der Waals surface area contributed by atoms with E-state index in [4.69, 9.17) is 10.5 Å². The molecule has 0 atom stereocenters. The van der Waals surface area contributed by atoms with Gasteiger partial charge in [0.05, 0.1) is 4.88 Å².